The van der Waals surface area contributed by atoms with Gasteiger partial charge in [-0.25, -0.2) is 0 Å². The molecule has 4 rings (SSSR count). The van der Waals surface area contributed by atoms with E-state index in [4.69, 9.17) is 0 Å². The normalized spacial score (nSPS) is 14.2. The maximum atomic E-state index is 12.4. The van der Waals surface area contributed by atoms with E-state index in [1.807, 2.05) is 24.3 Å². The number of halogens is 3. The zero-order chi connectivity index (χ0) is 23.3. The van der Waals surface area contributed by atoms with E-state index in [1.165, 1.54) is 48.2 Å². The van der Waals surface area contributed by atoms with Crippen LogP contribution in [-0.4, -0.2) is 51.3 Å². The van der Waals surface area contributed by atoms with Gasteiger partial charge in [0.25, 0.3) is 0 Å². The molecule has 0 spiro atoms. The highest BCUT2D eigenvalue weighted by atomic mass is 32.2. The summed E-state index contributed by atoms with van der Waals surface area (Å²) >= 11 is 1.11. The van der Waals surface area contributed by atoms with Crippen LogP contribution >= 0.6 is 11.8 Å². The summed E-state index contributed by atoms with van der Waals surface area (Å²) in [6.07, 6.45) is -1.11. The van der Waals surface area contributed by atoms with Gasteiger partial charge in [-0.05, 0) is 78.2 Å². The lowest BCUT2D eigenvalue weighted by atomic mass is 10.1. The van der Waals surface area contributed by atoms with Crippen molar-refractivity contribution in [1.82, 2.24) is 20.2 Å². The zero-order valence-corrected chi connectivity index (χ0v) is 18.3. The molecule has 2 heterocycles. The fourth-order valence-electron chi connectivity index (χ4n) is 3.45. The van der Waals surface area contributed by atoms with Crippen LogP contribution in [0.15, 0.2) is 53.7 Å². The summed E-state index contributed by atoms with van der Waals surface area (Å²) < 4.78 is 42.1. The number of nitrogens with one attached hydrogen (secondary N) is 1. The summed E-state index contributed by atoms with van der Waals surface area (Å²) in [5, 5.41) is 14.5. The summed E-state index contributed by atoms with van der Waals surface area (Å²) in [7, 11) is 0. The van der Waals surface area contributed by atoms with Crippen molar-refractivity contribution in [2.75, 3.05) is 29.1 Å². The molecule has 0 bridgehead atoms. The largest absolute Gasteiger partial charge is 0.573 e. The number of thioether (sulfide) groups is 1. The van der Waals surface area contributed by atoms with E-state index in [2.05, 4.69) is 30.5 Å². The second kappa shape index (κ2) is 10.1. The van der Waals surface area contributed by atoms with Gasteiger partial charge in [0.2, 0.25) is 11.1 Å². The number of nitrogens with zero attached hydrogens (tertiary/aromatic N) is 5. The first kappa shape index (κ1) is 22.9. The van der Waals surface area contributed by atoms with Gasteiger partial charge in [-0.15, -0.1) is 18.3 Å². The minimum Gasteiger partial charge on any atom is -0.406 e. The highest BCUT2D eigenvalue weighted by Gasteiger charge is 2.31. The molecule has 0 aliphatic carbocycles. The van der Waals surface area contributed by atoms with E-state index >= 15 is 0 Å². The van der Waals surface area contributed by atoms with Gasteiger partial charge in [0.1, 0.15) is 5.75 Å². The third-order valence-corrected chi connectivity index (χ3v) is 5.88. The number of carbonyl (C=O) groups excluding carboxylic acids is 1. The van der Waals surface area contributed by atoms with Gasteiger partial charge in [0.05, 0.1) is 11.4 Å². The van der Waals surface area contributed by atoms with Gasteiger partial charge in [0, 0.05) is 24.5 Å². The first-order valence-corrected chi connectivity index (χ1v) is 11.3. The van der Waals surface area contributed by atoms with Crippen LogP contribution in [0.25, 0.3) is 5.69 Å². The molecule has 2 aromatic carbocycles. The Hall–Kier alpha value is -3.28. The molecule has 0 atom stereocenters. The molecule has 174 valence electrons. The quantitative estimate of drug-likeness (QED) is 0.508. The van der Waals surface area contributed by atoms with Gasteiger partial charge in [-0.2, -0.15) is 4.68 Å². The van der Waals surface area contributed by atoms with Crippen LogP contribution in [0.4, 0.5) is 24.5 Å². The molecule has 1 fully saturated rings. The first-order chi connectivity index (χ1) is 15.9. The van der Waals surface area contributed by atoms with Crippen molar-refractivity contribution < 1.29 is 22.7 Å². The van der Waals surface area contributed by atoms with E-state index in [9.17, 15) is 18.0 Å². The second-order valence-electron chi connectivity index (χ2n) is 7.35. The van der Waals surface area contributed by atoms with Crippen molar-refractivity contribution in [3.63, 3.8) is 0 Å². The van der Waals surface area contributed by atoms with E-state index in [-0.39, 0.29) is 17.4 Å². The standard InChI is InChI=1S/C21H21F3N6O2S/c22-21(23,24)32-18-10-8-17(9-11-18)30-20(26-27-28-30)33-14-19(31)25-15-4-6-16(7-5-15)29-12-2-1-3-13-29/h4-11H,1-3,12-14H2,(H,25,31). The maximum absolute atomic E-state index is 12.4. The van der Waals surface area contributed by atoms with Crippen LogP contribution in [0.2, 0.25) is 0 Å². The van der Waals surface area contributed by atoms with Gasteiger partial charge >= 0.3 is 6.36 Å². The third kappa shape index (κ3) is 6.37. The fourth-order valence-corrected chi connectivity index (χ4v) is 4.15. The van der Waals surface area contributed by atoms with Gasteiger partial charge in [-0.1, -0.05) is 11.8 Å². The molecule has 1 aliphatic heterocycles. The lowest BCUT2D eigenvalue weighted by Crippen LogP contribution is -2.29. The van der Waals surface area contributed by atoms with Crippen LogP contribution in [0.5, 0.6) is 5.75 Å². The number of benzene rings is 2. The number of rotatable bonds is 7. The minimum absolute atomic E-state index is 0.0590. The van der Waals surface area contributed by atoms with Crippen molar-refractivity contribution >= 4 is 29.0 Å². The van der Waals surface area contributed by atoms with Crippen molar-refractivity contribution in [2.45, 2.75) is 30.8 Å². The minimum atomic E-state index is -4.77. The molecule has 12 heteroatoms. The predicted molar refractivity (Wildman–Crippen MR) is 118 cm³/mol. The molecule has 0 radical (unpaired) electrons. The van der Waals surface area contributed by atoms with Crippen molar-refractivity contribution in [3.8, 4) is 11.4 Å². The number of tetrazole rings is 1. The molecular formula is C21H21F3N6O2S. The molecular weight excluding hydrogens is 457 g/mol. The smallest absolute Gasteiger partial charge is 0.406 e. The second-order valence-corrected chi connectivity index (χ2v) is 8.29. The van der Waals surface area contributed by atoms with Crippen LogP contribution in [0.1, 0.15) is 19.3 Å². The Morgan fingerprint density at radius 3 is 2.33 bits per heavy atom. The fraction of sp³-hybridized carbons (Fsp3) is 0.333. The van der Waals surface area contributed by atoms with E-state index < -0.39 is 6.36 Å². The molecule has 1 aromatic heterocycles. The Bertz CT molecular complexity index is 1070. The summed E-state index contributed by atoms with van der Waals surface area (Å²) in [4.78, 5) is 14.7. The van der Waals surface area contributed by atoms with Crippen molar-refractivity contribution in [2.24, 2.45) is 0 Å². The lowest BCUT2D eigenvalue weighted by Gasteiger charge is -2.28. The average molecular weight is 479 g/mol. The van der Waals surface area contributed by atoms with Gasteiger partial charge in [0.15, 0.2) is 0 Å². The number of hydrogen-bond acceptors (Lipinski definition) is 7. The average Bonchev–Trinajstić information content (AvgIpc) is 3.27. The summed E-state index contributed by atoms with van der Waals surface area (Å²) in [5.74, 6) is -0.517. The molecule has 8 nitrogen and oxygen atoms in total. The highest BCUT2D eigenvalue weighted by molar-refractivity contribution is 7.99. The maximum Gasteiger partial charge on any atom is 0.573 e. The molecule has 1 saturated heterocycles. The Kier molecular flexibility index (Phi) is 7.02. The van der Waals surface area contributed by atoms with Gasteiger partial charge < -0.3 is 15.0 Å². The monoisotopic (exact) mass is 478 g/mol. The SMILES string of the molecule is O=C(CSc1nnnn1-c1ccc(OC(F)(F)F)cc1)Nc1ccc(N2CCCCC2)cc1. The summed E-state index contributed by atoms with van der Waals surface area (Å²) in [5.41, 5.74) is 2.28. The number of alkyl halides is 3. The Morgan fingerprint density at radius 1 is 1.00 bits per heavy atom. The Labute approximate surface area is 192 Å². The van der Waals surface area contributed by atoms with Crippen molar-refractivity contribution in [3.05, 3.63) is 48.5 Å². The molecule has 1 N–H and O–H groups in total. The third-order valence-electron chi connectivity index (χ3n) is 4.96. The number of amides is 1. The predicted octanol–water partition coefficient (Wildman–Crippen LogP) is 4.28. The van der Waals surface area contributed by atoms with Gasteiger partial charge in [-0.3, -0.25) is 4.79 Å². The molecule has 1 amide bonds. The highest BCUT2D eigenvalue weighted by Crippen LogP contribution is 2.25. The number of piperidine rings is 1. The molecule has 3 aromatic rings. The van der Waals surface area contributed by atoms with Crippen LogP contribution < -0.4 is 15.0 Å². The summed E-state index contributed by atoms with van der Waals surface area (Å²) in [6, 6.07) is 12.9. The zero-order valence-electron chi connectivity index (χ0n) is 17.5. The number of hydrogen-bond donors (Lipinski definition) is 1. The van der Waals surface area contributed by atoms with Crippen LogP contribution in [0, 0.1) is 0 Å². The van der Waals surface area contributed by atoms with Crippen LogP contribution in [-0.2, 0) is 4.79 Å². The van der Waals surface area contributed by atoms with E-state index in [1.54, 1.807) is 0 Å². The van der Waals surface area contributed by atoms with Crippen LogP contribution in [0.3, 0.4) is 0 Å². The Balaban J connectivity index is 1.32. The molecule has 33 heavy (non-hydrogen) atoms. The lowest BCUT2D eigenvalue weighted by molar-refractivity contribution is -0.274. The number of aromatic nitrogens is 4. The molecule has 1 aliphatic rings. The topological polar surface area (TPSA) is 85.2 Å². The summed E-state index contributed by atoms with van der Waals surface area (Å²) in [6.45, 7) is 2.10. The van der Waals surface area contributed by atoms with E-state index in [0.29, 0.717) is 16.5 Å². The number of carbonyl (C=O) groups is 1. The Morgan fingerprint density at radius 2 is 1.67 bits per heavy atom. The first-order valence-electron chi connectivity index (χ1n) is 10.3. The molecule has 0 unspecified atom stereocenters. The van der Waals surface area contributed by atoms with E-state index in [0.717, 1.165) is 30.5 Å². The number of ether oxygens (including phenoxy) is 1. The number of anilines is 2. The van der Waals surface area contributed by atoms with Crippen molar-refractivity contribution in [1.29, 1.82) is 0 Å². The molecule has 0 saturated carbocycles.